The number of carbonyl (C=O) groups excluding carboxylic acids is 1. The zero-order valence-electron chi connectivity index (χ0n) is 14.3. The fourth-order valence-electron chi connectivity index (χ4n) is 2.86. The van der Waals surface area contributed by atoms with Crippen LogP contribution in [0.2, 0.25) is 0 Å². The minimum Gasteiger partial charge on any atom is -0.465 e. The molecule has 2 amide bonds. The van der Waals surface area contributed by atoms with Crippen molar-refractivity contribution in [1.82, 2.24) is 20.3 Å². The highest BCUT2D eigenvalue weighted by molar-refractivity contribution is 6.02. The Kier molecular flexibility index (Phi) is 4.33. The van der Waals surface area contributed by atoms with E-state index in [1.165, 1.54) is 18.6 Å². The van der Waals surface area contributed by atoms with E-state index in [2.05, 4.69) is 25.6 Å². The van der Waals surface area contributed by atoms with E-state index >= 15 is 0 Å². The Labute approximate surface area is 154 Å². The molecule has 138 valence electrons. The fourth-order valence-corrected chi connectivity index (χ4v) is 2.86. The number of carboxylic acid groups (broad SMARTS) is 1. The number of nitrogens with one attached hydrogen (secondary N) is 4. The van der Waals surface area contributed by atoms with Crippen LogP contribution in [-0.4, -0.2) is 38.1 Å². The number of anilines is 3. The summed E-state index contributed by atoms with van der Waals surface area (Å²) in [5.41, 5.74) is 1.66. The van der Waals surface area contributed by atoms with Gasteiger partial charge in [0.25, 0.3) is 5.91 Å². The number of aromatic nitrogens is 3. The van der Waals surface area contributed by atoms with E-state index in [1.807, 2.05) is 12.3 Å². The molecule has 0 aliphatic heterocycles. The number of aromatic amines is 1. The van der Waals surface area contributed by atoms with Gasteiger partial charge in [-0.1, -0.05) is 0 Å². The van der Waals surface area contributed by atoms with Gasteiger partial charge in [0.1, 0.15) is 11.5 Å². The van der Waals surface area contributed by atoms with Gasteiger partial charge in [-0.15, -0.1) is 0 Å². The second-order valence-corrected chi connectivity index (χ2v) is 6.37. The summed E-state index contributed by atoms with van der Waals surface area (Å²) in [6.07, 6.45) is 3.94. The quantitative estimate of drug-likeness (QED) is 0.469. The molecule has 1 aromatic carbocycles. The molecule has 0 saturated heterocycles. The Morgan fingerprint density at radius 2 is 1.89 bits per heavy atom. The molecule has 27 heavy (non-hydrogen) atoms. The molecule has 0 radical (unpaired) electrons. The Morgan fingerprint density at radius 1 is 1.11 bits per heavy atom. The maximum absolute atomic E-state index is 11.7. The van der Waals surface area contributed by atoms with Crippen LogP contribution in [0.4, 0.5) is 22.2 Å². The first-order valence-corrected chi connectivity index (χ1v) is 8.61. The van der Waals surface area contributed by atoms with Crippen molar-refractivity contribution in [2.45, 2.75) is 25.3 Å². The van der Waals surface area contributed by atoms with Crippen molar-refractivity contribution in [3.05, 3.63) is 42.1 Å². The molecular weight excluding hydrogens is 348 g/mol. The van der Waals surface area contributed by atoms with Crippen LogP contribution in [-0.2, 0) is 0 Å². The lowest BCUT2D eigenvalue weighted by Crippen LogP contribution is -2.28. The summed E-state index contributed by atoms with van der Waals surface area (Å²) < 4.78 is 0. The Balaban J connectivity index is 1.54. The molecule has 0 unspecified atom stereocenters. The highest BCUT2D eigenvalue weighted by atomic mass is 16.4. The molecule has 1 saturated carbocycles. The number of amides is 2. The number of carbonyl (C=O) groups is 2. The number of nitrogens with zero attached hydrogens (tertiary/aromatic N) is 2. The highest BCUT2D eigenvalue weighted by Gasteiger charge is 2.19. The first-order chi connectivity index (χ1) is 13.1. The Hall–Kier alpha value is -3.62. The van der Waals surface area contributed by atoms with Crippen LogP contribution < -0.4 is 16.0 Å². The van der Waals surface area contributed by atoms with Crippen molar-refractivity contribution in [2.24, 2.45) is 0 Å². The van der Waals surface area contributed by atoms with Gasteiger partial charge >= 0.3 is 6.09 Å². The van der Waals surface area contributed by atoms with Crippen LogP contribution in [0, 0.1) is 0 Å². The average Bonchev–Trinajstić information content (AvgIpc) is 3.06. The molecule has 3 aromatic rings. The van der Waals surface area contributed by atoms with Crippen molar-refractivity contribution < 1.29 is 14.7 Å². The molecule has 9 heteroatoms. The minimum absolute atomic E-state index is 0.246. The lowest BCUT2D eigenvalue weighted by atomic mass is 9.93. The van der Waals surface area contributed by atoms with Crippen molar-refractivity contribution in [3.8, 4) is 0 Å². The molecule has 4 rings (SSSR count). The second kappa shape index (κ2) is 6.94. The van der Waals surface area contributed by atoms with Gasteiger partial charge in [0, 0.05) is 23.5 Å². The SMILES string of the molecule is O=C(O)NC(=O)c1ccc(Nc2nc(NC3CCC3)c3cc[nH]c3n2)cc1. The van der Waals surface area contributed by atoms with Crippen LogP contribution in [0.5, 0.6) is 0 Å². The van der Waals surface area contributed by atoms with Crippen LogP contribution in [0.3, 0.4) is 0 Å². The zero-order chi connectivity index (χ0) is 18.8. The van der Waals surface area contributed by atoms with E-state index in [1.54, 1.807) is 17.4 Å². The number of rotatable bonds is 5. The summed E-state index contributed by atoms with van der Waals surface area (Å²) in [5.74, 6) is 0.533. The number of hydrogen-bond donors (Lipinski definition) is 5. The average molecular weight is 366 g/mol. The van der Waals surface area contributed by atoms with Crippen molar-refractivity contribution in [2.75, 3.05) is 10.6 Å². The largest absolute Gasteiger partial charge is 0.465 e. The van der Waals surface area contributed by atoms with Crippen LogP contribution in [0.15, 0.2) is 36.5 Å². The second-order valence-electron chi connectivity index (χ2n) is 6.37. The van der Waals surface area contributed by atoms with Gasteiger partial charge in [0.2, 0.25) is 5.95 Å². The van der Waals surface area contributed by atoms with Gasteiger partial charge in [0.15, 0.2) is 0 Å². The van der Waals surface area contributed by atoms with Gasteiger partial charge in [0.05, 0.1) is 5.39 Å². The molecule has 0 spiro atoms. The van der Waals surface area contributed by atoms with Crippen molar-refractivity contribution >= 4 is 40.5 Å². The van der Waals surface area contributed by atoms with Gasteiger partial charge < -0.3 is 20.7 Å². The normalized spacial score (nSPS) is 13.8. The molecule has 9 nitrogen and oxygen atoms in total. The van der Waals surface area contributed by atoms with Gasteiger partial charge in [-0.2, -0.15) is 9.97 Å². The molecule has 0 bridgehead atoms. The van der Waals surface area contributed by atoms with E-state index in [4.69, 9.17) is 5.11 Å². The monoisotopic (exact) mass is 366 g/mol. The molecule has 2 heterocycles. The number of benzene rings is 1. The fraction of sp³-hybridized carbons (Fsp3) is 0.222. The predicted octanol–water partition coefficient (Wildman–Crippen LogP) is 3.07. The lowest BCUT2D eigenvalue weighted by Gasteiger charge is -2.27. The van der Waals surface area contributed by atoms with E-state index < -0.39 is 12.0 Å². The highest BCUT2D eigenvalue weighted by Crippen LogP contribution is 2.28. The third-order valence-electron chi connectivity index (χ3n) is 4.49. The number of hydrogen-bond acceptors (Lipinski definition) is 6. The number of fused-ring (bicyclic) bond motifs is 1. The standard InChI is InChI=1S/C18H18N6O3/c25-16(24-18(26)27)10-4-6-12(7-5-10)21-17-22-14-13(8-9-19-14)15(23-17)20-11-2-1-3-11/h4-9,11H,1-3H2,(H,24,25)(H,26,27)(H3,19,20,21,22,23). The van der Waals surface area contributed by atoms with Gasteiger partial charge in [-0.3, -0.25) is 10.1 Å². The summed E-state index contributed by atoms with van der Waals surface area (Å²) in [6.45, 7) is 0. The molecule has 0 atom stereocenters. The Bertz CT molecular complexity index is 994. The molecule has 1 aliphatic rings. The summed E-state index contributed by atoms with van der Waals surface area (Å²) in [5, 5.41) is 17.9. The zero-order valence-corrected chi connectivity index (χ0v) is 14.3. The smallest absolute Gasteiger partial charge is 0.411 e. The molecular formula is C18H18N6O3. The lowest BCUT2D eigenvalue weighted by molar-refractivity contribution is 0.0948. The van der Waals surface area contributed by atoms with Crippen LogP contribution in [0.1, 0.15) is 29.6 Å². The predicted molar refractivity (Wildman–Crippen MR) is 100 cm³/mol. The maximum atomic E-state index is 11.7. The first-order valence-electron chi connectivity index (χ1n) is 8.61. The summed E-state index contributed by atoms with van der Waals surface area (Å²) >= 11 is 0. The maximum Gasteiger partial charge on any atom is 0.411 e. The molecule has 1 aliphatic carbocycles. The van der Waals surface area contributed by atoms with E-state index in [9.17, 15) is 9.59 Å². The number of H-pyrrole nitrogens is 1. The van der Waals surface area contributed by atoms with Gasteiger partial charge in [-0.05, 0) is 49.6 Å². The van der Waals surface area contributed by atoms with Gasteiger partial charge in [-0.25, -0.2) is 4.79 Å². The van der Waals surface area contributed by atoms with Crippen LogP contribution in [0.25, 0.3) is 11.0 Å². The minimum atomic E-state index is -1.39. The van der Waals surface area contributed by atoms with E-state index in [0.717, 1.165) is 29.7 Å². The topological polar surface area (TPSA) is 132 Å². The summed E-state index contributed by atoms with van der Waals surface area (Å²) in [4.78, 5) is 34.4. The molecule has 2 aromatic heterocycles. The molecule has 5 N–H and O–H groups in total. The summed E-state index contributed by atoms with van der Waals surface area (Å²) in [7, 11) is 0. The third-order valence-corrected chi connectivity index (χ3v) is 4.49. The van der Waals surface area contributed by atoms with Crippen LogP contribution >= 0.6 is 0 Å². The molecule has 1 fully saturated rings. The van der Waals surface area contributed by atoms with E-state index in [0.29, 0.717) is 17.7 Å². The first kappa shape index (κ1) is 16.8. The van der Waals surface area contributed by atoms with Crippen molar-refractivity contribution in [1.29, 1.82) is 0 Å². The van der Waals surface area contributed by atoms with Crippen molar-refractivity contribution in [3.63, 3.8) is 0 Å². The van der Waals surface area contributed by atoms with E-state index in [-0.39, 0.29) is 5.56 Å². The number of imide groups is 1. The Morgan fingerprint density at radius 3 is 2.56 bits per heavy atom. The summed E-state index contributed by atoms with van der Waals surface area (Å²) in [6, 6.07) is 8.77. The third kappa shape index (κ3) is 3.66.